The molecule has 1 N–H and O–H groups in total. The zero-order valence-electron chi connectivity index (χ0n) is 9.39. The summed E-state index contributed by atoms with van der Waals surface area (Å²) in [6.45, 7) is 0. The Morgan fingerprint density at radius 1 is 1.12 bits per heavy atom. The SMILES string of the molecule is c1ccc(Nc2ncnc3c2SCCC3)cc1. The number of benzene rings is 1. The van der Waals surface area contributed by atoms with Gasteiger partial charge in [0.25, 0.3) is 0 Å². The molecular formula is C13H13N3S. The van der Waals surface area contributed by atoms with Gasteiger partial charge in [-0.2, -0.15) is 0 Å². The average molecular weight is 243 g/mol. The quantitative estimate of drug-likeness (QED) is 0.878. The van der Waals surface area contributed by atoms with Crippen LogP contribution in [-0.2, 0) is 6.42 Å². The fourth-order valence-electron chi connectivity index (χ4n) is 1.90. The van der Waals surface area contributed by atoms with Gasteiger partial charge < -0.3 is 5.32 Å². The summed E-state index contributed by atoms with van der Waals surface area (Å²) in [5.41, 5.74) is 2.24. The monoisotopic (exact) mass is 243 g/mol. The number of aryl methyl sites for hydroxylation is 1. The number of aromatic nitrogens is 2. The Bertz CT molecular complexity index is 513. The fourth-order valence-corrected chi connectivity index (χ4v) is 2.96. The van der Waals surface area contributed by atoms with Gasteiger partial charge in [0, 0.05) is 5.69 Å². The van der Waals surface area contributed by atoms with Gasteiger partial charge in [-0.05, 0) is 30.7 Å². The van der Waals surface area contributed by atoms with Crippen LogP contribution in [0.1, 0.15) is 12.1 Å². The Balaban J connectivity index is 1.93. The molecule has 86 valence electrons. The molecule has 17 heavy (non-hydrogen) atoms. The number of thioether (sulfide) groups is 1. The molecule has 3 nitrogen and oxygen atoms in total. The van der Waals surface area contributed by atoms with E-state index in [1.165, 1.54) is 17.0 Å². The number of fused-ring (bicyclic) bond motifs is 1. The molecule has 0 saturated carbocycles. The summed E-state index contributed by atoms with van der Waals surface area (Å²) < 4.78 is 0. The number of para-hydroxylation sites is 1. The third-order valence-electron chi connectivity index (χ3n) is 2.72. The lowest BCUT2D eigenvalue weighted by Crippen LogP contribution is -2.06. The molecule has 0 aliphatic carbocycles. The summed E-state index contributed by atoms with van der Waals surface area (Å²) in [6, 6.07) is 10.1. The maximum Gasteiger partial charge on any atom is 0.147 e. The third-order valence-corrected chi connectivity index (χ3v) is 3.93. The highest BCUT2D eigenvalue weighted by molar-refractivity contribution is 7.99. The lowest BCUT2D eigenvalue weighted by molar-refractivity contribution is 0.831. The van der Waals surface area contributed by atoms with Crippen molar-refractivity contribution in [3.8, 4) is 0 Å². The van der Waals surface area contributed by atoms with Crippen LogP contribution in [0.4, 0.5) is 11.5 Å². The van der Waals surface area contributed by atoms with Crippen LogP contribution in [0.2, 0.25) is 0 Å². The molecule has 0 saturated heterocycles. The molecule has 0 amide bonds. The maximum absolute atomic E-state index is 4.35. The van der Waals surface area contributed by atoms with Gasteiger partial charge >= 0.3 is 0 Å². The highest BCUT2D eigenvalue weighted by Gasteiger charge is 2.15. The molecule has 0 bridgehead atoms. The molecule has 4 heteroatoms. The van der Waals surface area contributed by atoms with Crippen LogP contribution >= 0.6 is 11.8 Å². The van der Waals surface area contributed by atoms with Gasteiger partial charge in [0.05, 0.1) is 10.6 Å². The predicted molar refractivity (Wildman–Crippen MR) is 70.8 cm³/mol. The molecular weight excluding hydrogens is 230 g/mol. The first-order valence-electron chi connectivity index (χ1n) is 5.72. The van der Waals surface area contributed by atoms with Gasteiger partial charge in [0.15, 0.2) is 0 Å². The normalized spacial score (nSPS) is 14.1. The first-order chi connectivity index (χ1) is 8.43. The zero-order valence-corrected chi connectivity index (χ0v) is 10.2. The summed E-state index contributed by atoms with van der Waals surface area (Å²) in [7, 11) is 0. The fraction of sp³-hybridized carbons (Fsp3) is 0.231. The molecule has 2 aromatic rings. The van der Waals surface area contributed by atoms with Gasteiger partial charge in [-0.3, -0.25) is 0 Å². The van der Waals surface area contributed by atoms with E-state index < -0.39 is 0 Å². The van der Waals surface area contributed by atoms with E-state index in [1.807, 2.05) is 42.1 Å². The summed E-state index contributed by atoms with van der Waals surface area (Å²) >= 11 is 1.85. The molecule has 1 aromatic carbocycles. The van der Waals surface area contributed by atoms with Gasteiger partial charge in [-0.25, -0.2) is 9.97 Å². The number of rotatable bonds is 2. The topological polar surface area (TPSA) is 37.8 Å². The van der Waals surface area contributed by atoms with Crippen LogP contribution in [-0.4, -0.2) is 15.7 Å². The highest BCUT2D eigenvalue weighted by Crippen LogP contribution is 2.34. The van der Waals surface area contributed by atoms with Gasteiger partial charge in [0.1, 0.15) is 12.1 Å². The Kier molecular flexibility index (Phi) is 2.96. The number of hydrogen-bond acceptors (Lipinski definition) is 4. The van der Waals surface area contributed by atoms with Gasteiger partial charge in [0.2, 0.25) is 0 Å². The van der Waals surface area contributed by atoms with Gasteiger partial charge in [-0.15, -0.1) is 11.8 Å². The zero-order chi connectivity index (χ0) is 11.5. The van der Waals surface area contributed by atoms with Crippen LogP contribution in [0, 0.1) is 0 Å². The summed E-state index contributed by atoms with van der Waals surface area (Å²) in [4.78, 5) is 9.90. The van der Waals surface area contributed by atoms with Crippen molar-refractivity contribution in [3.63, 3.8) is 0 Å². The van der Waals surface area contributed by atoms with E-state index in [2.05, 4.69) is 15.3 Å². The maximum atomic E-state index is 4.35. The first-order valence-corrected chi connectivity index (χ1v) is 6.71. The van der Waals surface area contributed by atoms with Gasteiger partial charge in [-0.1, -0.05) is 18.2 Å². The van der Waals surface area contributed by atoms with Crippen molar-refractivity contribution in [2.24, 2.45) is 0 Å². The van der Waals surface area contributed by atoms with Crippen molar-refractivity contribution in [3.05, 3.63) is 42.4 Å². The molecule has 0 radical (unpaired) electrons. The van der Waals surface area contributed by atoms with Crippen LogP contribution in [0.5, 0.6) is 0 Å². The van der Waals surface area contributed by atoms with E-state index in [0.717, 1.165) is 23.7 Å². The van der Waals surface area contributed by atoms with Crippen LogP contribution in [0.3, 0.4) is 0 Å². The molecule has 1 aromatic heterocycles. The van der Waals surface area contributed by atoms with Crippen LogP contribution in [0.25, 0.3) is 0 Å². The highest BCUT2D eigenvalue weighted by atomic mass is 32.2. The van der Waals surface area contributed by atoms with E-state index in [4.69, 9.17) is 0 Å². The number of nitrogens with one attached hydrogen (secondary N) is 1. The molecule has 0 fully saturated rings. The van der Waals surface area contributed by atoms with E-state index in [1.54, 1.807) is 6.33 Å². The summed E-state index contributed by atoms with van der Waals surface area (Å²) in [5.74, 6) is 2.09. The minimum Gasteiger partial charge on any atom is -0.339 e. The second kappa shape index (κ2) is 4.75. The van der Waals surface area contributed by atoms with Crippen LogP contribution in [0.15, 0.2) is 41.6 Å². The average Bonchev–Trinajstić information content (AvgIpc) is 2.40. The predicted octanol–water partition coefficient (Wildman–Crippen LogP) is 3.26. The lowest BCUT2D eigenvalue weighted by Gasteiger charge is -2.17. The molecule has 0 unspecified atom stereocenters. The molecule has 0 spiro atoms. The second-order valence-corrected chi connectivity index (χ2v) is 5.05. The van der Waals surface area contributed by atoms with Crippen molar-refractivity contribution in [2.75, 3.05) is 11.1 Å². The lowest BCUT2D eigenvalue weighted by atomic mass is 10.2. The Labute approximate surface area is 105 Å². The Morgan fingerprint density at radius 3 is 2.88 bits per heavy atom. The third kappa shape index (κ3) is 2.26. The molecule has 0 atom stereocenters. The molecule has 1 aliphatic rings. The number of anilines is 2. The van der Waals surface area contributed by atoms with Crippen LogP contribution < -0.4 is 5.32 Å². The largest absolute Gasteiger partial charge is 0.339 e. The summed E-state index contributed by atoms with van der Waals surface area (Å²) in [5, 5.41) is 3.36. The van der Waals surface area contributed by atoms with E-state index >= 15 is 0 Å². The number of nitrogens with zero attached hydrogens (tertiary/aromatic N) is 2. The van der Waals surface area contributed by atoms with Crippen molar-refractivity contribution >= 4 is 23.3 Å². The molecule has 2 heterocycles. The molecule has 3 rings (SSSR count). The van der Waals surface area contributed by atoms with Crippen molar-refractivity contribution in [2.45, 2.75) is 17.7 Å². The second-order valence-electron chi connectivity index (χ2n) is 3.94. The van der Waals surface area contributed by atoms with Crippen molar-refractivity contribution < 1.29 is 0 Å². The standard InChI is InChI=1S/C13H13N3S/c1-2-5-10(6-3-1)16-13-12-11(14-9-15-13)7-4-8-17-12/h1-3,5-6,9H,4,7-8H2,(H,14,15,16). The van der Waals surface area contributed by atoms with E-state index in [-0.39, 0.29) is 0 Å². The van der Waals surface area contributed by atoms with Crippen molar-refractivity contribution in [1.29, 1.82) is 0 Å². The smallest absolute Gasteiger partial charge is 0.147 e. The Morgan fingerprint density at radius 2 is 2.00 bits per heavy atom. The van der Waals surface area contributed by atoms with E-state index in [0.29, 0.717) is 0 Å². The molecule has 1 aliphatic heterocycles. The number of hydrogen-bond donors (Lipinski definition) is 1. The minimum atomic E-state index is 0.936. The first kappa shape index (κ1) is 10.6. The minimum absolute atomic E-state index is 0.936. The summed E-state index contributed by atoms with van der Waals surface area (Å²) in [6.07, 6.45) is 3.92. The van der Waals surface area contributed by atoms with Crippen molar-refractivity contribution in [1.82, 2.24) is 9.97 Å². The Hall–Kier alpha value is -1.55. The van der Waals surface area contributed by atoms with E-state index in [9.17, 15) is 0 Å².